The van der Waals surface area contributed by atoms with Gasteiger partial charge in [-0.25, -0.2) is 0 Å². The Kier molecular flexibility index (Phi) is 47.6. The fourth-order valence-corrected chi connectivity index (χ4v) is 7.91. The Labute approximate surface area is 384 Å². The number of carbonyl (C=O) groups is 2. The van der Waals surface area contributed by atoms with E-state index in [2.05, 4.69) is 68.6 Å². The molecule has 0 heterocycles. The van der Waals surface area contributed by atoms with E-state index in [1.807, 2.05) is 18.2 Å². The van der Waals surface area contributed by atoms with Crippen molar-refractivity contribution in [1.82, 2.24) is 5.32 Å². The lowest BCUT2D eigenvalue weighted by molar-refractivity contribution is -0.151. The highest BCUT2D eigenvalue weighted by Crippen LogP contribution is 2.17. The Morgan fingerprint density at radius 1 is 0.484 bits per heavy atom. The maximum atomic E-state index is 13.2. The van der Waals surface area contributed by atoms with Crippen LogP contribution in [0.1, 0.15) is 258 Å². The molecule has 0 aromatic rings. The van der Waals surface area contributed by atoms with Gasteiger partial charge in [-0.05, 0) is 64.2 Å². The summed E-state index contributed by atoms with van der Waals surface area (Å²) in [6, 6.07) is -0.716. The molecule has 0 aliphatic heterocycles. The molecule has 0 radical (unpaired) electrons. The van der Waals surface area contributed by atoms with Crippen molar-refractivity contribution in [1.29, 1.82) is 0 Å². The number of carbonyl (C=O) groups excluding carboxylic acids is 2. The highest BCUT2D eigenvalue weighted by molar-refractivity contribution is 5.77. The van der Waals surface area contributed by atoms with E-state index in [0.29, 0.717) is 19.3 Å². The van der Waals surface area contributed by atoms with Crippen LogP contribution in [0.4, 0.5) is 0 Å². The first kappa shape index (κ1) is 59.6. The molecule has 62 heavy (non-hydrogen) atoms. The number of allylic oxidation sites excluding steroid dienone is 10. The summed E-state index contributed by atoms with van der Waals surface area (Å²) in [5, 5.41) is 23.8. The molecule has 3 N–H and O–H groups in total. The second-order valence-electron chi connectivity index (χ2n) is 18.0. The first-order chi connectivity index (χ1) is 30.5. The topological polar surface area (TPSA) is 95.9 Å². The Bertz CT molecular complexity index is 1110. The molecule has 0 rings (SSSR count). The van der Waals surface area contributed by atoms with Gasteiger partial charge in [0.05, 0.1) is 25.2 Å². The van der Waals surface area contributed by atoms with Crippen molar-refractivity contribution < 1.29 is 24.5 Å². The summed E-state index contributed by atoms with van der Waals surface area (Å²) in [6.07, 6.45) is 61.4. The van der Waals surface area contributed by atoms with Gasteiger partial charge in [0, 0.05) is 6.42 Å². The van der Waals surface area contributed by atoms with Crippen molar-refractivity contribution in [2.45, 2.75) is 277 Å². The van der Waals surface area contributed by atoms with Gasteiger partial charge in [0.15, 0.2) is 0 Å². The molecule has 0 saturated heterocycles. The van der Waals surface area contributed by atoms with E-state index >= 15 is 0 Å². The van der Waals surface area contributed by atoms with E-state index in [4.69, 9.17) is 4.74 Å². The molecule has 0 aromatic carbocycles. The number of unbranched alkanes of at least 4 members (excludes halogenated alkanes) is 28. The Hall–Kier alpha value is -2.44. The van der Waals surface area contributed by atoms with Crippen LogP contribution >= 0.6 is 0 Å². The zero-order chi connectivity index (χ0) is 45.2. The van der Waals surface area contributed by atoms with Gasteiger partial charge >= 0.3 is 5.97 Å². The minimum absolute atomic E-state index is 0.0463. The zero-order valence-corrected chi connectivity index (χ0v) is 41.0. The van der Waals surface area contributed by atoms with Crippen molar-refractivity contribution >= 4 is 11.9 Å². The number of rotatable bonds is 47. The van der Waals surface area contributed by atoms with Crippen molar-refractivity contribution in [3.8, 4) is 0 Å². The lowest BCUT2D eigenvalue weighted by Gasteiger charge is -2.24. The quantitative estimate of drug-likeness (QED) is 0.0245. The summed E-state index contributed by atoms with van der Waals surface area (Å²) in [5.41, 5.74) is 0. The molecule has 0 aliphatic rings. The van der Waals surface area contributed by atoms with Gasteiger partial charge in [0.25, 0.3) is 0 Å². The average Bonchev–Trinajstić information content (AvgIpc) is 3.26. The van der Waals surface area contributed by atoms with E-state index in [-0.39, 0.29) is 24.9 Å². The zero-order valence-electron chi connectivity index (χ0n) is 41.0. The summed E-state index contributed by atoms with van der Waals surface area (Å²) in [5.74, 6) is -0.527. The third-order valence-corrected chi connectivity index (χ3v) is 11.9. The first-order valence-corrected chi connectivity index (χ1v) is 26.6. The fourth-order valence-electron chi connectivity index (χ4n) is 7.91. The van der Waals surface area contributed by atoms with Crippen LogP contribution in [-0.2, 0) is 14.3 Å². The van der Waals surface area contributed by atoms with Crippen LogP contribution in [0.2, 0.25) is 0 Å². The Morgan fingerprint density at radius 3 is 1.40 bits per heavy atom. The molecule has 0 bridgehead atoms. The van der Waals surface area contributed by atoms with E-state index in [0.717, 1.165) is 83.5 Å². The second kappa shape index (κ2) is 49.6. The average molecular weight is 868 g/mol. The van der Waals surface area contributed by atoms with Crippen molar-refractivity contribution in [2.75, 3.05) is 6.61 Å². The number of amides is 1. The van der Waals surface area contributed by atoms with E-state index < -0.39 is 18.2 Å². The van der Waals surface area contributed by atoms with Crippen molar-refractivity contribution in [2.24, 2.45) is 0 Å². The summed E-state index contributed by atoms with van der Waals surface area (Å²) in [4.78, 5) is 26.1. The summed E-state index contributed by atoms with van der Waals surface area (Å²) >= 11 is 0. The van der Waals surface area contributed by atoms with Crippen LogP contribution in [0.25, 0.3) is 0 Å². The third-order valence-electron chi connectivity index (χ3n) is 11.9. The molecule has 0 spiro atoms. The standard InChI is InChI=1S/C56H101NO5/c1-4-7-10-13-16-19-22-25-27-29-30-33-36-39-42-45-48-54(59)53(51-58)57-55(60)50-52(47-44-41-38-35-32-24-21-18-15-12-9-6-3)62-56(61)49-46-43-40-37-34-31-28-26-23-20-17-14-11-8-5-2/h8,11,14,17,20,23,26,28,35,38,52-54,58-59H,4-7,9-10,12-13,15-16,18-19,21-22,24-25,27,29-34,36-37,39-51H2,1-3H3,(H,57,60)/b11-8+,17-14+,23-20+,28-26-,38-35-. The maximum Gasteiger partial charge on any atom is 0.306 e. The summed E-state index contributed by atoms with van der Waals surface area (Å²) in [7, 11) is 0. The lowest BCUT2D eigenvalue weighted by atomic mass is 10.0. The molecule has 3 atom stereocenters. The molecule has 6 heteroatoms. The third kappa shape index (κ3) is 44.2. The van der Waals surface area contributed by atoms with Gasteiger partial charge in [0.2, 0.25) is 5.91 Å². The lowest BCUT2D eigenvalue weighted by Crippen LogP contribution is -2.46. The SMILES string of the molecule is CC/C=C/C=C/C=C/C=C\CCCCCCCC(=O)OC(CCC/C=C\CCCCCCCCC)CC(=O)NC(CO)C(O)CCCCCCCCCCCCCCCCCC. The molecule has 6 nitrogen and oxygen atoms in total. The van der Waals surface area contributed by atoms with Gasteiger partial charge < -0.3 is 20.3 Å². The van der Waals surface area contributed by atoms with Crippen LogP contribution in [0.15, 0.2) is 60.8 Å². The number of nitrogens with one attached hydrogen (secondary N) is 1. The first-order valence-electron chi connectivity index (χ1n) is 26.6. The van der Waals surface area contributed by atoms with Crippen LogP contribution in [0.3, 0.4) is 0 Å². The van der Waals surface area contributed by atoms with Gasteiger partial charge in [-0.15, -0.1) is 0 Å². The van der Waals surface area contributed by atoms with Gasteiger partial charge in [-0.3, -0.25) is 9.59 Å². The molecule has 0 saturated carbocycles. The smallest absolute Gasteiger partial charge is 0.306 e. The number of ether oxygens (including phenoxy) is 1. The van der Waals surface area contributed by atoms with Crippen molar-refractivity contribution in [3.63, 3.8) is 0 Å². The molecule has 0 aliphatic carbocycles. The van der Waals surface area contributed by atoms with Gasteiger partial charge in [-0.1, -0.05) is 242 Å². The van der Waals surface area contributed by atoms with Crippen LogP contribution < -0.4 is 5.32 Å². The second-order valence-corrected chi connectivity index (χ2v) is 18.0. The molecular formula is C56H101NO5. The van der Waals surface area contributed by atoms with E-state index in [1.165, 1.54) is 128 Å². The number of esters is 1. The van der Waals surface area contributed by atoms with Crippen LogP contribution in [-0.4, -0.2) is 46.9 Å². The fraction of sp³-hybridized carbons (Fsp3) is 0.786. The predicted molar refractivity (Wildman–Crippen MR) is 268 cm³/mol. The number of aliphatic hydroxyl groups excluding tert-OH is 2. The molecule has 360 valence electrons. The minimum atomic E-state index is -0.800. The minimum Gasteiger partial charge on any atom is -0.462 e. The molecule has 0 aromatic heterocycles. The summed E-state index contributed by atoms with van der Waals surface area (Å²) in [6.45, 7) is 6.34. The number of hydrogen-bond acceptors (Lipinski definition) is 5. The number of aliphatic hydroxyl groups is 2. The van der Waals surface area contributed by atoms with Crippen LogP contribution in [0, 0.1) is 0 Å². The van der Waals surface area contributed by atoms with Gasteiger partial charge in [-0.2, -0.15) is 0 Å². The Balaban J connectivity index is 4.58. The molecule has 1 amide bonds. The monoisotopic (exact) mass is 868 g/mol. The highest BCUT2D eigenvalue weighted by atomic mass is 16.5. The summed E-state index contributed by atoms with van der Waals surface area (Å²) < 4.78 is 5.91. The molecular weight excluding hydrogens is 767 g/mol. The van der Waals surface area contributed by atoms with E-state index in [1.54, 1.807) is 0 Å². The normalized spacial score (nSPS) is 13.7. The van der Waals surface area contributed by atoms with E-state index in [9.17, 15) is 19.8 Å². The number of hydrogen-bond donors (Lipinski definition) is 3. The van der Waals surface area contributed by atoms with Crippen molar-refractivity contribution in [3.05, 3.63) is 60.8 Å². The van der Waals surface area contributed by atoms with Crippen LogP contribution in [0.5, 0.6) is 0 Å². The molecule has 0 fully saturated rings. The largest absolute Gasteiger partial charge is 0.462 e. The predicted octanol–water partition coefficient (Wildman–Crippen LogP) is 16.0. The molecule has 3 unspecified atom stereocenters. The van der Waals surface area contributed by atoms with Gasteiger partial charge in [0.1, 0.15) is 6.10 Å². The highest BCUT2D eigenvalue weighted by Gasteiger charge is 2.24. The maximum absolute atomic E-state index is 13.2. The Morgan fingerprint density at radius 2 is 0.903 bits per heavy atom.